The molecule has 0 aliphatic heterocycles. The van der Waals surface area contributed by atoms with Gasteiger partial charge in [0.05, 0.1) is 18.6 Å². The smallest absolute Gasteiger partial charge is 0.331 e. The maximum Gasteiger partial charge on any atom is 0.331 e. The van der Waals surface area contributed by atoms with Gasteiger partial charge in [-0.1, -0.05) is 13.0 Å². The zero-order valence-electron chi connectivity index (χ0n) is 15.2. The van der Waals surface area contributed by atoms with Crippen molar-refractivity contribution in [1.29, 1.82) is 0 Å². The number of nitrogens with zero attached hydrogens (tertiary/aromatic N) is 1. The molecule has 0 fully saturated rings. The number of non-ortho nitro benzene ring substituents is 1. The van der Waals surface area contributed by atoms with Gasteiger partial charge in [-0.25, -0.2) is 4.79 Å². The van der Waals surface area contributed by atoms with Gasteiger partial charge in [0.1, 0.15) is 6.61 Å². The monoisotopic (exact) mass is 371 g/mol. The minimum atomic E-state index is -0.515. The van der Waals surface area contributed by atoms with E-state index in [2.05, 4.69) is 0 Å². The lowest BCUT2D eigenvalue weighted by Crippen LogP contribution is -2.01. The second kappa shape index (κ2) is 9.96. The molecule has 7 heteroatoms. The summed E-state index contributed by atoms with van der Waals surface area (Å²) in [6, 6.07) is 11.2. The van der Waals surface area contributed by atoms with Gasteiger partial charge in [-0.15, -0.1) is 0 Å². The number of nitro benzene ring substituents is 1. The molecule has 142 valence electrons. The topological polar surface area (TPSA) is 87.9 Å². The summed E-state index contributed by atoms with van der Waals surface area (Å²) in [4.78, 5) is 22.0. The van der Waals surface area contributed by atoms with Crippen LogP contribution in [0.1, 0.15) is 24.5 Å². The Morgan fingerprint density at radius 3 is 2.52 bits per heavy atom. The van der Waals surface area contributed by atoms with Crippen molar-refractivity contribution < 1.29 is 23.9 Å². The molecule has 0 aliphatic rings. The molecule has 27 heavy (non-hydrogen) atoms. The first-order valence-corrected chi connectivity index (χ1v) is 8.42. The third-order valence-corrected chi connectivity index (χ3v) is 3.59. The van der Waals surface area contributed by atoms with Crippen LogP contribution < -0.4 is 9.47 Å². The van der Waals surface area contributed by atoms with Crippen molar-refractivity contribution in [1.82, 2.24) is 0 Å². The van der Waals surface area contributed by atoms with E-state index in [9.17, 15) is 14.9 Å². The summed E-state index contributed by atoms with van der Waals surface area (Å²) in [5, 5.41) is 10.6. The van der Waals surface area contributed by atoms with E-state index < -0.39 is 10.9 Å². The van der Waals surface area contributed by atoms with Crippen LogP contribution in [0.25, 0.3) is 6.08 Å². The molecule has 2 aromatic carbocycles. The summed E-state index contributed by atoms with van der Waals surface area (Å²) >= 11 is 0. The third kappa shape index (κ3) is 6.14. The Morgan fingerprint density at radius 1 is 1.15 bits per heavy atom. The first kappa shape index (κ1) is 20.0. The number of carbonyl (C=O) groups excluding carboxylic acids is 1. The molecule has 0 bridgehead atoms. The van der Waals surface area contributed by atoms with Gasteiger partial charge in [0, 0.05) is 18.2 Å². The van der Waals surface area contributed by atoms with Gasteiger partial charge < -0.3 is 14.2 Å². The molecular formula is C20H21NO6. The van der Waals surface area contributed by atoms with Crippen LogP contribution in [0.2, 0.25) is 0 Å². The van der Waals surface area contributed by atoms with Crippen molar-refractivity contribution in [2.75, 3.05) is 13.7 Å². The summed E-state index contributed by atoms with van der Waals surface area (Å²) in [6.45, 7) is 2.65. The minimum Gasteiger partial charge on any atom is -0.493 e. The van der Waals surface area contributed by atoms with E-state index in [-0.39, 0.29) is 12.3 Å². The molecule has 7 nitrogen and oxygen atoms in total. The van der Waals surface area contributed by atoms with Crippen molar-refractivity contribution in [2.24, 2.45) is 0 Å². The van der Waals surface area contributed by atoms with E-state index in [4.69, 9.17) is 14.2 Å². The van der Waals surface area contributed by atoms with Gasteiger partial charge in [0.2, 0.25) is 0 Å². The van der Waals surface area contributed by atoms with E-state index in [1.807, 2.05) is 13.0 Å². The number of methoxy groups -OCH3 is 1. The average Bonchev–Trinajstić information content (AvgIpc) is 2.69. The number of ether oxygens (including phenoxy) is 3. The predicted octanol–water partition coefficient (Wildman–Crippen LogP) is 4.15. The fourth-order valence-corrected chi connectivity index (χ4v) is 2.20. The molecule has 2 rings (SSSR count). The number of rotatable bonds is 9. The van der Waals surface area contributed by atoms with E-state index in [0.29, 0.717) is 23.7 Å². The molecule has 0 aliphatic carbocycles. The number of esters is 1. The normalized spacial score (nSPS) is 10.6. The quantitative estimate of drug-likeness (QED) is 0.285. The minimum absolute atomic E-state index is 0.00900. The van der Waals surface area contributed by atoms with Gasteiger partial charge in [-0.2, -0.15) is 0 Å². The van der Waals surface area contributed by atoms with Gasteiger partial charge in [0.15, 0.2) is 11.5 Å². The van der Waals surface area contributed by atoms with Crippen LogP contribution in [0.3, 0.4) is 0 Å². The Bertz CT molecular complexity index is 814. The molecule has 0 spiro atoms. The fraction of sp³-hybridized carbons (Fsp3) is 0.250. The van der Waals surface area contributed by atoms with Crippen LogP contribution in [0, 0.1) is 10.1 Å². The number of nitro groups is 1. The molecule has 0 saturated heterocycles. The lowest BCUT2D eigenvalue weighted by atomic mass is 10.2. The highest BCUT2D eigenvalue weighted by Crippen LogP contribution is 2.28. The van der Waals surface area contributed by atoms with Crippen LogP contribution in [-0.4, -0.2) is 24.6 Å². The van der Waals surface area contributed by atoms with Gasteiger partial charge >= 0.3 is 5.97 Å². The van der Waals surface area contributed by atoms with Crippen molar-refractivity contribution in [3.05, 3.63) is 69.8 Å². The molecule has 0 heterocycles. The fourth-order valence-electron chi connectivity index (χ4n) is 2.20. The second-order valence-electron chi connectivity index (χ2n) is 5.62. The summed E-state index contributed by atoms with van der Waals surface area (Å²) in [6.07, 6.45) is 3.82. The largest absolute Gasteiger partial charge is 0.493 e. The maximum absolute atomic E-state index is 11.9. The highest BCUT2D eigenvalue weighted by molar-refractivity contribution is 5.87. The summed E-state index contributed by atoms with van der Waals surface area (Å²) < 4.78 is 16.0. The zero-order valence-corrected chi connectivity index (χ0v) is 15.2. The van der Waals surface area contributed by atoms with E-state index in [1.165, 1.54) is 18.2 Å². The highest BCUT2D eigenvalue weighted by Gasteiger charge is 2.06. The lowest BCUT2D eigenvalue weighted by Gasteiger charge is -2.10. The summed E-state index contributed by atoms with van der Waals surface area (Å²) in [7, 11) is 1.56. The van der Waals surface area contributed by atoms with Crippen molar-refractivity contribution in [3.8, 4) is 11.5 Å². The SMILES string of the molecule is CCCOc1ccc(/C=C/C(=O)OCc2ccc([N+](=O)[O-])cc2)cc1OC. The van der Waals surface area contributed by atoms with Gasteiger partial charge in [-0.3, -0.25) is 10.1 Å². The molecule has 0 saturated carbocycles. The Hall–Kier alpha value is -3.35. The molecule has 0 N–H and O–H groups in total. The number of benzene rings is 2. The Morgan fingerprint density at radius 2 is 1.89 bits per heavy atom. The second-order valence-corrected chi connectivity index (χ2v) is 5.62. The van der Waals surface area contributed by atoms with Crippen LogP contribution in [0.4, 0.5) is 5.69 Å². The molecular weight excluding hydrogens is 350 g/mol. The van der Waals surface area contributed by atoms with Gasteiger partial charge in [-0.05, 0) is 47.9 Å². The van der Waals surface area contributed by atoms with Crippen LogP contribution in [0.15, 0.2) is 48.5 Å². The van der Waals surface area contributed by atoms with Gasteiger partial charge in [0.25, 0.3) is 5.69 Å². The Labute approximate surface area is 157 Å². The molecule has 0 unspecified atom stereocenters. The maximum atomic E-state index is 11.9. The van der Waals surface area contributed by atoms with Crippen LogP contribution in [-0.2, 0) is 16.1 Å². The van der Waals surface area contributed by atoms with E-state index in [1.54, 1.807) is 37.5 Å². The first-order chi connectivity index (χ1) is 13.0. The summed E-state index contributed by atoms with van der Waals surface area (Å²) in [5.74, 6) is 0.723. The van der Waals surface area contributed by atoms with Crippen LogP contribution in [0.5, 0.6) is 11.5 Å². The standard InChI is InChI=1S/C20H21NO6/c1-3-12-26-18-10-6-15(13-19(18)25-2)7-11-20(22)27-14-16-4-8-17(9-5-16)21(23)24/h4-11,13H,3,12,14H2,1-2H3/b11-7+. The summed E-state index contributed by atoms with van der Waals surface area (Å²) in [5.41, 5.74) is 1.43. The highest BCUT2D eigenvalue weighted by atomic mass is 16.6. The lowest BCUT2D eigenvalue weighted by molar-refractivity contribution is -0.384. The Kier molecular flexibility index (Phi) is 7.37. The number of hydrogen-bond acceptors (Lipinski definition) is 6. The van der Waals surface area contributed by atoms with Crippen molar-refractivity contribution >= 4 is 17.7 Å². The number of hydrogen-bond donors (Lipinski definition) is 0. The molecule has 0 aromatic heterocycles. The molecule has 0 atom stereocenters. The molecule has 0 radical (unpaired) electrons. The Balaban J connectivity index is 1.92. The van der Waals surface area contributed by atoms with E-state index in [0.717, 1.165) is 12.0 Å². The van der Waals surface area contributed by atoms with E-state index >= 15 is 0 Å². The predicted molar refractivity (Wildman–Crippen MR) is 101 cm³/mol. The molecule has 2 aromatic rings. The van der Waals surface area contributed by atoms with Crippen molar-refractivity contribution in [2.45, 2.75) is 20.0 Å². The zero-order chi connectivity index (χ0) is 19.6. The average molecular weight is 371 g/mol. The van der Waals surface area contributed by atoms with Crippen molar-refractivity contribution in [3.63, 3.8) is 0 Å². The number of carbonyl (C=O) groups is 1. The third-order valence-electron chi connectivity index (χ3n) is 3.59. The molecule has 0 amide bonds. The van der Waals surface area contributed by atoms with Crippen LogP contribution >= 0.6 is 0 Å². The first-order valence-electron chi connectivity index (χ1n) is 8.42.